The second-order valence-corrected chi connectivity index (χ2v) is 6.79. The summed E-state index contributed by atoms with van der Waals surface area (Å²) in [5.74, 6) is -0.169. The topological polar surface area (TPSA) is 51.2 Å². The molecule has 1 amide bonds. The van der Waals surface area contributed by atoms with Crippen molar-refractivity contribution in [2.45, 2.75) is 20.1 Å². The van der Waals surface area contributed by atoms with Gasteiger partial charge in [0.25, 0.3) is 5.91 Å². The zero-order chi connectivity index (χ0) is 17.6. The molecule has 1 aromatic heterocycles. The van der Waals surface area contributed by atoms with E-state index < -0.39 is 0 Å². The highest BCUT2D eigenvalue weighted by Crippen LogP contribution is 2.18. The Morgan fingerprint density at radius 2 is 1.92 bits per heavy atom. The van der Waals surface area contributed by atoms with Crippen LogP contribution in [0.3, 0.4) is 0 Å². The van der Waals surface area contributed by atoms with E-state index in [1.54, 1.807) is 12.1 Å². The van der Waals surface area contributed by atoms with Crippen molar-refractivity contribution in [2.24, 2.45) is 0 Å². The Labute approximate surface area is 155 Å². The second kappa shape index (κ2) is 8.25. The number of nitrogens with zero attached hydrogens (tertiary/aromatic N) is 1. The number of thiazole rings is 1. The summed E-state index contributed by atoms with van der Waals surface area (Å²) in [6, 6.07) is 14.9. The maximum absolute atomic E-state index is 12.2. The fourth-order valence-electron chi connectivity index (χ4n) is 2.23. The van der Waals surface area contributed by atoms with Crippen molar-refractivity contribution >= 4 is 34.0 Å². The standard InChI is InChI=1S/C19H17ClN2O2S/c1-13-12-25-19(21-13)22-18(23)15-8-6-14(7-9-15)10-24-11-16-4-2-3-5-17(16)20/h2-9,12H,10-11H2,1H3,(H,21,22,23). The van der Waals surface area contributed by atoms with Gasteiger partial charge in [-0.1, -0.05) is 41.9 Å². The van der Waals surface area contributed by atoms with E-state index in [0.29, 0.717) is 28.9 Å². The molecule has 0 saturated heterocycles. The molecule has 0 aliphatic carbocycles. The molecule has 1 heterocycles. The largest absolute Gasteiger partial charge is 0.372 e. The molecule has 3 rings (SSSR count). The number of carbonyl (C=O) groups is 1. The van der Waals surface area contributed by atoms with Crippen LogP contribution in [0.15, 0.2) is 53.9 Å². The summed E-state index contributed by atoms with van der Waals surface area (Å²) in [4.78, 5) is 16.4. The Hall–Kier alpha value is -2.21. The molecule has 0 atom stereocenters. The minimum atomic E-state index is -0.169. The third kappa shape index (κ3) is 4.89. The van der Waals surface area contributed by atoms with Crippen LogP contribution in [0.25, 0.3) is 0 Å². The van der Waals surface area contributed by atoms with E-state index in [9.17, 15) is 4.79 Å². The first kappa shape index (κ1) is 17.6. The van der Waals surface area contributed by atoms with Gasteiger partial charge in [-0.15, -0.1) is 11.3 Å². The Morgan fingerprint density at radius 1 is 1.16 bits per heavy atom. The molecule has 6 heteroatoms. The number of nitrogens with one attached hydrogen (secondary N) is 1. The number of carbonyl (C=O) groups excluding carboxylic acids is 1. The first-order valence-corrected chi connectivity index (χ1v) is 9.01. The second-order valence-electron chi connectivity index (χ2n) is 5.53. The van der Waals surface area contributed by atoms with Crippen LogP contribution in [0.5, 0.6) is 0 Å². The smallest absolute Gasteiger partial charge is 0.257 e. The number of aromatic nitrogens is 1. The molecule has 0 radical (unpaired) electrons. The highest BCUT2D eigenvalue weighted by Gasteiger charge is 2.08. The van der Waals surface area contributed by atoms with Gasteiger partial charge in [0, 0.05) is 16.0 Å². The summed E-state index contributed by atoms with van der Waals surface area (Å²) in [6.07, 6.45) is 0. The first-order chi connectivity index (χ1) is 12.1. The predicted molar refractivity (Wildman–Crippen MR) is 101 cm³/mol. The Morgan fingerprint density at radius 3 is 2.60 bits per heavy atom. The molecule has 3 aromatic rings. The van der Waals surface area contributed by atoms with Crippen molar-refractivity contribution in [2.75, 3.05) is 5.32 Å². The van der Waals surface area contributed by atoms with Gasteiger partial charge in [-0.25, -0.2) is 4.98 Å². The fourth-order valence-corrected chi connectivity index (χ4v) is 3.10. The monoisotopic (exact) mass is 372 g/mol. The molecule has 0 unspecified atom stereocenters. The Kier molecular flexibility index (Phi) is 5.81. The minimum absolute atomic E-state index is 0.169. The summed E-state index contributed by atoms with van der Waals surface area (Å²) in [5.41, 5.74) is 3.43. The number of halogens is 1. The molecular formula is C19H17ClN2O2S. The van der Waals surface area contributed by atoms with E-state index in [-0.39, 0.29) is 5.91 Å². The summed E-state index contributed by atoms with van der Waals surface area (Å²) in [7, 11) is 0. The third-order valence-electron chi connectivity index (χ3n) is 3.54. The van der Waals surface area contributed by atoms with Crippen LogP contribution in [0, 0.1) is 6.92 Å². The minimum Gasteiger partial charge on any atom is -0.372 e. The van der Waals surface area contributed by atoms with Gasteiger partial charge in [-0.3, -0.25) is 10.1 Å². The van der Waals surface area contributed by atoms with Crippen molar-refractivity contribution < 1.29 is 9.53 Å². The SMILES string of the molecule is Cc1csc(NC(=O)c2ccc(COCc3ccccc3Cl)cc2)n1. The quantitative estimate of drug-likeness (QED) is 0.656. The lowest BCUT2D eigenvalue weighted by molar-refractivity contribution is 0.102. The van der Waals surface area contributed by atoms with Crippen molar-refractivity contribution in [3.8, 4) is 0 Å². The van der Waals surface area contributed by atoms with Crippen molar-refractivity contribution in [1.29, 1.82) is 0 Å². The molecule has 4 nitrogen and oxygen atoms in total. The summed E-state index contributed by atoms with van der Waals surface area (Å²) < 4.78 is 5.69. The number of anilines is 1. The molecule has 128 valence electrons. The lowest BCUT2D eigenvalue weighted by Gasteiger charge is -2.07. The normalized spacial score (nSPS) is 10.6. The molecule has 0 bridgehead atoms. The number of aryl methyl sites for hydroxylation is 1. The number of ether oxygens (including phenoxy) is 1. The number of rotatable bonds is 6. The molecule has 0 aliphatic rings. The van der Waals surface area contributed by atoms with Crippen LogP contribution in [-0.4, -0.2) is 10.9 Å². The molecule has 1 N–H and O–H groups in total. The Bertz CT molecular complexity index is 862. The first-order valence-electron chi connectivity index (χ1n) is 7.75. The van der Waals surface area contributed by atoms with E-state index in [1.807, 2.05) is 48.7 Å². The van der Waals surface area contributed by atoms with E-state index >= 15 is 0 Å². The highest BCUT2D eigenvalue weighted by molar-refractivity contribution is 7.13. The average Bonchev–Trinajstić information content (AvgIpc) is 3.02. The van der Waals surface area contributed by atoms with E-state index in [0.717, 1.165) is 16.8 Å². The molecule has 0 fully saturated rings. The van der Waals surface area contributed by atoms with Crippen molar-refractivity contribution in [3.05, 3.63) is 81.3 Å². The Balaban J connectivity index is 1.53. The number of amides is 1. The van der Waals surface area contributed by atoms with E-state index in [4.69, 9.17) is 16.3 Å². The number of benzene rings is 2. The van der Waals surface area contributed by atoms with Gasteiger partial charge in [0.1, 0.15) is 0 Å². The van der Waals surface area contributed by atoms with E-state index in [2.05, 4.69) is 10.3 Å². The van der Waals surface area contributed by atoms with Crippen LogP contribution < -0.4 is 5.32 Å². The lowest BCUT2D eigenvalue weighted by atomic mass is 10.1. The molecular weight excluding hydrogens is 356 g/mol. The summed E-state index contributed by atoms with van der Waals surface area (Å²) >= 11 is 7.51. The average molecular weight is 373 g/mol. The van der Waals surface area contributed by atoms with Crippen LogP contribution in [-0.2, 0) is 18.0 Å². The number of hydrogen-bond donors (Lipinski definition) is 1. The molecule has 2 aromatic carbocycles. The zero-order valence-electron chi connectivity index (χ0n) is 13.7. The van der Waals surface area contributed by atoms with Gasteiger partial charge in [-0.05, 0) is 36.2 Å². The van der Waals surface area contributed by atoms with Gasteiger partial charge in [0.2, 0.25) is 0 Å². The third-order valence-corrected chi connectivity index (χ3v) is 4.78. The number of hydrogen-bond acceptors (Lipinski definition) is 4. The lowest BCUT2D eigenvalue weighted by Crippen LogP contribution is -2.11. The van der Waals surface area contributed by atoms with Gasteiger partial charge in [0.15, 0.2) is 5.13 Å². The van der Waals surface area contributed by atoms with E-state index in [1.165, 1.54) is 11.3 Å². The van der Waals surface area contributed by atoms with Crippen LogP contribution in [0.1, 0.15) is 27.2 Å². The van der Waals surface area contributed by atoms with Crippen LogP contribution in [0.4, 0.5) is 5.13 Å². The highest BCUT2D eigenvalue weighted by atomic mass is 35.5. The zero-order valence-corrected chi connectivity index (χ0v) is 15.2. The maximum atomic E-state index is 12.2. The summed E-state index contributed by atoms with van der Waals surface area (Å²) in [5, 5.41) is 6.00. The maximum Gasteiger partial charge on any atom is 0.257 e. The van der Waals surface area contributed by atoms with Crippen LogP contribution >= 0.6 is 22.9 Å². The van der Waals surface area contributed by atoms with Crippen LogP contribution in [0.2, 0.25) is 5.02 Å². The molecule has 0 saturated carbocycles. The van der Waals surface area contributed by atoms with Gasteiger partial charge in [0.05, 0.1) is 18.9 Å². The molecule has 0 spiro atoms. The molecule has 0 aliphatic heterocycles. The van der Waals surface area contributed by atoms with Gasteiger partial charge in [-0.2, -0.15) is 0 Å². The fraction of sp³-hybridized carbons (Fsp3) is 0.158. The van der Waals surface area contributed by atoms with Crippen molar-refractivity contribution in [3.63, 3.8) is 0 Å². The summed E-state index contributed by atoms with van der Waals surface area (Å²) in [6.45, 7) is 2.80. The predicted octanol–water partition coefficient (Wildman–Crippen LogP) is 5.07. The van der Waals surface area contributed by atoms with Crippen molar-refractivity contribution in [1.82, 2.24) is 4.98 Å². The molecule has 25 heavy (non-hydrogen) atoms. The van der Waals surface area contributed by atoms with Gasteiger partial charge >= 0.3 is 0 Å². The van der Waals surface area contributed by atoms with Gasteiger partial charge < -0.3 is 4.74 Å².